The van der Waals surface area contributed by atoms with Crippen molar-refractivity contribution in [3.05, 3.63) is 34.8 Å². The molecule has 2 aromatic rings. The molecule has 0 aliphatic carbocycles. The molecule has 0 aromatic carbocycles. The van der Waals surface area contributed by atoms with Crippen molar-refractivity contribution in [2.24, 2.45) is 10.9 Å². The minimum absolute atomic E-state index is 0.441. The highest BCUT2D eigenvalue weighted by Gasteiger charge is 2.28. The Hall–Kier alpha value is -1.89. The van der Waals surface area contributed by atoms with Crippen LogP contribution in [0.5, 0.6) is 0 Å². The summed E-state index contributed by atoms with van der Waals surface area (Å²) in [7, 11) is 0. The van der Waals surface area contributed by atoms with Crippen molar-refractivity contribution in [1.82, 2.24) is 24.8 Å². The zero-order valence-corrected chi connectivity index (χ0v) is 15.5. The van der Waals surface area contributed by atoms with E-state index in [0.29, 0.717) is 18.5 Å². The van der Waals surface area contributed by atoms with Crippen LogP contribution in [-0.2, 0) is 6.54 Å². The Morgan fingerprint density at radius 3 is 3.04 bits per heavy atom. The zero-order chi connectivity index (χ0) is 16.9. The molecule has 1 fully saturated rings. The van der Waals surface area contributed by atoms with Gasteiger partial charge in [-0.05, 0) is 26.2 Å². The molecule has 0 saturated carbocycles. The molecule has 2 atom stereocenters. The van der Waals surface area contributed by atoms with E-state index in [0.717, 1.165) is 37.0 Å². The van der Waals surface area contributed by atoms with Crippen LogP contribution in [0.15, 0.2) is 29.9 Å². The normalized spacial score (nSPS) is 22.0. The predicted molar refractivity (Wildman–Crippen MR) is 98.3 cm³/mol. The molecule has 1 aliphatic rings. The van der Waals surface area contributed by atoms with Crippen LogP contribution in [-0.4, -0.2) is 45.0 Å². The molecule has 0 amide bonds. The molecule has 0 radical (unpaired) electrons. The van der Waals surface area contributed by atoms with Crippen molar-refractivity contribution >= 4 is 17.3 Å². The molecule has 3 rings (SSSR count). The highest BCUT2D eigenvalue weighted by atomic mass is 32.1. The van der Waals surface area contributed by atoms with Crippen molar-refractivity contribution < 1.29 is 0 Å². The maximum Gasteiger partial charge on any atom is 0.194 e. The Bertz CT molecular complexity index is 662. The number of hydrogen-bond donors (Lipinski definition) is 1. The fourth-order valence-corrected chi connectivity index (χ4v) is 3.87. The van der Waals surface area contributed by atoms with Gasteiger partial charge in [-0.25, -0.2) is 15.0 Å². The predicted octanol–water partition coefficient (Wildman–Crippen LogP) is 2.70. The smallest absolute Gasteiger partial charge is 0.194 e. The van der Waals surface area contributed by atoms with Crippen LogP contribution in [0.4, 0.5) is 0 Å². The number of likely N-dealkylation sites (tertiary alicyclic amines) is 1. The lowest BCUT2D eigenvalue weighted by atomic mass is 9.93. The first kappa shape index (κ1) is 17.0. The highest BCUT2D eigenvalue weighted by Crippen LogP contribution is 2.27. The number of aliphatic imine (C=N–C) groups is 1. The van der Waals surface area contributed by atoms with Crippen LogP contribution in [0.1, 0.15) is 36.2 Å². The van der Waals surface area contributed by atoms with Gasteiger partial charge in [0.05, 0.1) is 23.9 Å². The molecule has 1 saturated heterocycles. The van der Waals surface area contributed by atoms with Gasteiger partial charge in [0.1, 0.15) is 0 Å². The molecule has 1 N–H and O–H groups in total. The fourth-order valence-electron chi connectivity index (χ4n) is 3.15. The third-order valence-corrected chi connectivity index (χ3v) is 5.41. The number of guanidine groups is 1. The first-order chi connectivity index (χ1) is 11.7. The van der Waals surface area contributed by atoms with E-state index in [9.17, 15) is 0 Å². The SMILES string of the molecule is CCNC(=NCc1cnc(C)s1)N1CCC(C)C(n2ccnc2)C1. The van der Waals surface area contributed by atoms with Crippen molar-refractivity contribution in [3.63, 3.8) is 0 Å². The zero-order valence-electron chi connectivity index (χ0n) is 14.6. The number of nitrogens with zero attached hydrogens (tertiary/aromatic N) is 5. The van der Waals surface area contributed by atoms with E-state index in [1.54, 1.807) is 11.3 Å². The molecular weight excluding hydrogens is 320 g/mol. The number of hydrogen-bond acceptors (Lipinski definition) is 4. The van der Waals surface area contributed by atoms with Gasteiger partial charge in [-0.1, -0.05) is 6.92 Å². The number of imidazole rings is 1. The monoisotopic (exact) mass is 346 g/mol. The van der Waals surface area contributed by atoms with E-state index in [1.165, 1.54) is 4.88 Å². The Morgan fingerprint density at radius 1 is 1.50 bits per heavy atom. The van der Waals surface area contributed by atoms with Crippen molar-refractivity contribution in [2.75, 3.05) is 19.6 Å². The maximum absolute atomic E-state index is 4.84. The van der Waals surface area contributed by atoms with Gasteiger partial charge >= 0.3 is 0 Å². The average molecular weight is 347 g/mol. The van der Waals surface area contributed by atoms with Gasteiger partial charge in [0, 0.05) is 43.1 Å². The number of thiazole rings is 1. The highest BCUT2D eigenvalue weighted by molar-refractivity contribution is 7.11. The van der Waals surface area contributed by atoms with Crippen molar-refractivity contribution in [1.29, 1.82) is 0 Å². The number of rotatable bonds is 4. The second-order valence-electron chi connectivity index (χ2n) is 6.30. The molecule has 6 nitrogen and oxygen atoms in total. The quantitative estimate of drug-likeness (QED) is 0.683. The summed E-state index contributed by atoms with van der Waals surface area (Å²) in [6, 6.07) is 0.441. The maximum atomic E-state index is 4.84. The number of aryl methyl sites for hydroxylation is 1. The largest absolute Gasteiger partial charge is 0.357 e. The first-order valence-corrected chi connectivity index (χ1v) is 9.41. The standard InChI is InChI=1S/C17H26N6S/c1-4-19-17(21-10-15-9-20-14(3)24-15)22-7-5-13(2)16(11-22)23-8-6-18-12-23/h6,8-9,12-13,16H,4-5,7,10-11H2,1-3H3,(H,19,21). The van der Waals surface area contributed by atoms with Gasteiger partial charge < -0.3 is 14.8 Å². The molecule has 2 unspecified atom stereocenters. The number of aromatic nitrogens is 3. The van der Waals surface area contributed by atoms with Gasteiger partial charge in [-0.15, -0.1) is 11.3 Å². The lowest BCUT2D eigenvalue weighted by Crippen LogP contribution is -2.49. The van der Waals surface area contributed by atoms with Crippen molar-refractivity contribution in [3.8, 4) is 0 Å². The summed E-state index contributed by atoms with van der Waals surface area (Å²) in [6.45, 7) is 10.0. The third-order valence-electron chi connectivity index (χ3n) is 4.51. The molecule has 2 aromatic heterocycles. The second-order valence-corrected chi connectivity index (χ2v) is 7.62. The lowest BCUT2D eigenvalue weighted by Gasteiger charge is -2.39. The van der Waals surface area contributed by atoms with E-state index in [2.05, 4.69) is 44.8 Å². The Kier molecular flexibility index (Phi) is 5.50. The van der Waals surface area contributed by atoms with Crippen LogP contribution < -0.4 is 5.32 Å². The fraction of sp³-hybridized carbons (Fsp3) is 0.588. The number of piperidine rings is 1. The Morgan fingerprint density at radius 2 is 2.38 bits per heavy atom. The van der Waals surface area contributed by atoms with Crippen LogP contribution in [0.25, 0.3) is 0 Å². The molecule has 24 heavy (non-hydrogen) atoms. The third kappa shape index (κ3) is 3.95. The molecule has 1 aliphatic heterocycles. The van der Waals surface area contributed by atoms with Crippen LogP contribution >= 0.6 is 11.3 Å². The average Bonchev–Trinajstić information content (AvgIpc) is 3.24. The summed E-state index contributed by atoms with van der Waals surface area (Å²) in [5, 5.41) is 4.54. The van der Waals surface area contributed by atoms with E-state index in [4.69, 9.17) is 4.99 Å². The second kappa shape index (κ2) is 7.79. The molecule has 7 heteroatoms. The molecule has 130 valence electrons. The molecule has 0 bridgehead atoms. The summed E-state index contributed by atoms with van der Waals surface area (Å²) >= 11 is 1.72. The Balaban J connectivity index is 1.72. The van der Waals surface area contributed by atoms with Gasteiger partial charge in [0.15, 0.2) is 5.96 Å². The van der Waals surface area contributed by atoms with Gasteiger partial charge in [-0.3, -0.25) is 0 Å². The molecule has 3 heterocycles. The molecule has 0 spiro atoms. The summed E-state index contributed by atoms with van der Waals surface area (Å²) in [6.07, 6.45) is 8.94. The minimum atomic E-state index is 0.441. The van der Waals surface area contributed by atoms with E-state index in [1.807, 2.05) is 25.6 Å². The van der Waals surface area contributed by atoms with E-state index < -0.39 is 0 Å². The topological polar surface area (TPSA) is 58.3 Å². The minimum Gasteiger partial charge on any atom is -0.357 e. The van der Waals surface area contributed by atoms with Crippen molar-refractivity contribution in [2.45, 2.75) is 39.8 Å². The van der Waals surface area contributed by atoms with E-state index >= 15 is 0 Å². The first-order valence-electron chi connectivity index (χ1n) is 8.59. The summed E-state index contributed by atoms with van der Waals surface area (Å²) in [5.41, 5.74) is 0. The summed E-state index contributed by atoms with van der Waals surface area (Å²) in [4.78, 5) is 16.9. The summed E-state index contributed by atoms with van der Waals surface area (Å²) < 4.78 is 2.23. The van der Waals surface area contributed by atoms with Crippen LogP contribution in [0.2, 0.25) is 0 Å². The molecular formula is C17H26N6S. The van der Waals surface area contributed by atoms with Gasteiger partial charge in [0.25, 0.3) is 0 Å². The van der Waals surface area contributed by atoms with Gasteiger partial charge in [-0.2, -0.15) is 0 Å². The van der Waals surface area contributed by atoms with E-state index in [-0.39, 0.29) is 0 Å². The van der Waals surface area contributed by atoms with Crippen LogP contribution in [0, 0.1) is 12.8 Å². The Labute approximate surface area is 147 Å². The summed E-state index contributed by atoms with van der Waals surface area (Å²) in [5.74, 6) is 1.64. The number of nitrogens with one attached hydrogen (secondary N) is 1. The van der Waals surface area contributed by atoms with Crippen LogP contribution in [0.3, 0.4) is 0 Å². The van der Waals surface area contributed by atoms with Gasteiger partial charge in [0.2, 0.25) is 0 Å². The lowest BCUT2D eigenvalue weighted by molar-refractivity contribution is 0.189.